The van der Waals surface area contributed by atoms with Crippen LogP contribution in [0.15, 0.2) is 78.9 Å². The molecule has 0 unspecified atom stereocenters. The first-order chi connectivity index (χ1) is 22.4. The third-order valence-corrected chi connectivity index (χ3v) is 7.32. The number of benzene rings is 3. The summed E-state index contributed by atoms with van der Waals surface area (Å²) >= 11 is 0. The molecule has 0 heterocycles. The van der Waals surface area contributed by atoms with E-state index in [0.717, 1.165) is 35.4 Å². The Morgan fingerprint density at radius 2 is 1.04 bits per heavy atom. The highest BCUT2D eigenvalue weighted by Gasteiger charge is 2.31. The van der Waals surface area contributed by atoms with Crippen LogP contribution in [-0.4, -0.2) is 24.5 Å². The summed E-state index contributed by atoms with van der Waals surface area (Å²) in [4.78, 5) is 32.9. The SMILES string of the molecule is CC.CC.CCC(C)CC.CCc1ccc(C#Cc2ccc(C(C)=O)cc2)cc1.CCc1ccccc1.CNC(=O)C(C)(C)C(C)=O. The number of hydrogen-bond donors (Lipinski definition) is 1. The summed E-state index contributed by atoms with van der Waals surface area (Å²) in [5.74, 6) is 6.89. The van der Waals surface area contributed by atoms with Crippen LogP contribution < -0.4 is 5.32 Å². The van der Waals surface area contributed by atoms with E-state index in [1.54, 1.807) is 20.8 Å². The van der Waals surface area contributed by atoms with E-state index in [9.17, 15) is 14.4 Å². The average Bonchev–Trinajstić information content (AvgIpc) is 3.13. The summed E-state index contributed by atoms with van der Waals surface area (Å²) < 4.78 is 0. The predicted molar refractivity (Wildman–Crippen MR) is 205 cm³/mol. The minimum Gasteiger partial charge on any atom is -0.358 e. The van der Waals surface area contributed by atoms with Gasteiger partial charge in [-0.25, -0.2) is 0 Å². The molecule has 3 aromatic carbocycles. The molecule has 0 aliphatic carbocycles. The largest absolute Gasteiger partial charge is 0.358 e. The normalized spacial score (nSPS) is 9.26. The molecule has 0 saturated heterocycles. The lowest BCUT2D eigenvalue weighted by molar-refractivity contribution is -0.138. The third kappa shape index (κ3) is 22.2. The molecule has 0 spiro atoms. The number of rotatable bonds is 7. The molecule has 0 saturated carbocycles. The molecule has 0 aromatic heterocycles. The number of carbonyl (C=O) groups excluding carboxylic acids is 3. The Morgan fingerprint density at radius 3 is 1.30 bits per heavy atom. The van der Waals surface area contributed by atoms with E-state index in [-0.39, 0.29) is 17.5 Å². The van der Waals surface area contributed by atoms with E-state index in [4.69, 9.17) is 0 Å². The molecule has 0 aliphatic rings. The molecule has 260 valence electrons. The van der Waals surface area contributed by atoms with Gasteiger partial charge in [0.25, 0.3) is 0 Å². The second kappa shape index (κ2) is 29.4. The van der Waals surface area contributed by atoms with Gasteiger partial charge >= 0.3 is 0 Å². The van der Waals surface area contributed by atoms with Crippen molar-refractivity contribution < 1.29 is 14.4 Å². The first-order valence-corrected chi connectivity index (χ1v) is 17.3. The number of Topliss-reactive ketones (excluding diaryl/α,β-unsaturated/α-hetero) is 2. The summed E-state index contributed by atoms with van der Waals surface area (Å²) in [6.45, 7) is 25.2. The van der Waals surface area contributed by atoms with Gasteiger partial charge in [-0.15, -0.1) is 0 Å². The van der Waals surface area contributed by atoms with Crippen LogP contribution in [0.4, 0.5) is 0 Å². The van der Waals surface area contributed by atoms with Crippen molar-refractivity contribution in [2.45, 2.75) is 116 Å². The monoisotopic (exact) mass is 643 g/mol. The second-order valence-electron chi connectivity index (χ2n) is 11.0. The lowest BCUT2D eigenvalue weighted by Gasteiger charge is -2.17. The zero-order valence-corrected chi connectivity index (χ0v) is 32.1. The zero-order valence-electron chi connectivity index (χ0n) is 32.1. The maximum atomic E-state index is 11.2. The zero-order chi connectivity index (χ0) is 36.8. The van der Waals surface area contributed by atoms with Crippen molar-refractivity contribution in [1.82, 2.24) is 5.32 Å². The highest BCUT2D eigenvalue weighted by molar-refractivity contribution is 6.04. The van der Waals surface area contributed by atoms with Gasteiger partial charge < -0.3 is 5.32 Å². The van der Waals surface area contributed by atoms with E-state index in [1.165, 1.54) is 37.9 Å². The number of aryl methyl sites for hydroxylation is 2. The fourth-order valence-corrected chi connectivity index (χ4v) is 3.23. The number of hydrogen-bond acceptors (Lipinski definition) is 3. The molecule has 0 bridgehead atoms. The van der Waals surface area contributed by atoms with Crippen LogP contribution in [0.2, 0.25) is 0 Å². The van der Waals surface area contributed by atoms with Crippen LogP contribution in [0.25, 0.3) is 0 Å². The van der Waals surface area contributed by atoms with E-state index in [1.807, 2.05) is 70.2 Å². The molecule has 1 N–H and O–H groups in total. The van der Waals surface area contributed by atoms with Crippen molar-refractivity contribution in [3.05, 3.63) is 107 Å². The summed E-state index contributed by atoms with van der Waals surface area (Å²) in [5.41, 5.74) is 4.49. The summed E-state index contributed by atoms with van der Waals surface area (Å²) in [5, 5.41) is 2.43. The molecular weight excluding hydrogens is 578 g/mol. The molecule has 4 heteroatoms. The smallest absolute Gasteiger partial charge is 0.232 e. The van der Waals surface area contributed by atoms with Gasteiger partial charge in [0.1, 0.15) is 11.2 Å². The molecule has 0 radical (unpaired) electrons. The van der Waals surface area contributed by atoms with Crippen molar-refractivity contribution in [2.24, 2.45) is 11.3 Å². The average molecular weight is 644 g/mol. The van der Waals surface area contributed by atoms with Gasteiger partial charge in [-0.3, -0.25) is 14.4 Å². The Kier molecular flexibility index (Phi) is 29.7. The van der Waals surface area contributed by atoms with E-state index in [2.05, 4.69) is 88.2 Å². The van der Waals surface area contributed by atoms with Crippen LogP contribution in [0, 0.1) is 23.2 Å². The maximum absolute atomic E-state index is 11.2. The van der Waals surface area contributed by atoms with Crippen molar-refractivity contribution in [3.63, 3.8) is 0 Å². The fourth-order valence-electron chi connectivity index (χ4n) is 3.23. The molecule has 0 fully saturated rings. The first kappa shape index (κ1) is 47.4. The lowest BCUT2D eigenvalue weighted by atomic mass is 9.88. The van der Waals surface area contributed by atoms with Gasteiger partial charge in [0.15, 0.2) is 5.78 Å². The molecule has 47 heavy (non-hydrogen) atoms. The van der Waals surface area contributed by atoms with Gasteiger partial charge in [-0.2, -0.15) is 0 Å². The Hall–Kier alpha value is -3.97. The van der Waals surface area contributed by atoms with Crippen LogP contribution in [0.5, 0.6) is 0 Å². The van der Waals surface area contributed by atoms with Crippen molar-refractivity contribution in [2.75, 3.05) is 7.05 Å². The van der Waals surface area contributed by atoms with Gasteiger partial charge in [-0.05, 0) is 81.8 Å². The molecule has 0 atom stereocenters. The fraction of sp³-hybridized carbons (Fsp3) is 0.465. The summed E-state index contributed by atoms with van der Waals surface area (Å²) in [7, 11) is 1.52. The molecule has 3 aromatic rings. The summed E-state index contributed by atoms with van der Waals surface area (Å²) in [6.07, 6.45) is 4.84. The van der Waals surface area contributed by atoms with Crippen LogP contribution in [0.1, 0.15) is 135 Å². The molecule has 4 nitrogen and oxygen atoms in total. The highest BCUT2D eigenvalue weighted by Crippen LogP contribution is 2.15. The second-order valence-corrected chi connectivity index (χ2v) is 11.0. The van der Waals surface area contributed by atoms with Crippen molar-refractivity contribution in [1.29, 1.82) is 0 Å². The van der Waals surface area contributed by atoms with E-state index < -0.39 is 5.41 Å². The molecular formula is C43H65NO3. The summed E-state index contributed by atoms with van der Waals surface area (Å²) in [6, 6.07) is 26.1. The van der Waals surface area contributed by atoms with E-state index >= 15 is 0 Å². The van der Waals surface area contributed by atoms with Crippen LogP contribution in [-0.2, 0) is 22.4 Å². The standard InChI is InChI=1S/C18H16O.C8H10.C7H13NO2.C6H14.2C2H6/c1-3-15-4-6-16(7-5-15)8-9-17-10-12-18(13-11-17)14(2)19;1-2-8-6-4-3-5-7-8;1-5(9)7(2,3)6(10)8-4;1-4-6(3)5-2;2*1-2/h4-7,10-13H,3H2,1-2H3;3-7H,2H2,1H3;1-4H3,(H,8,10);6H,4-5H2,1-3H3;2*1-2H3. The minimum atomic E-state index is -0.880. The Morgan fingerprint density at radius 1 is 0.660 bits per heavy atom. The highest BCUT2D eigenvalue weighted by atomic mass is 16.2. The molecule has 3 rings (SSSR count). The molecule has 0 aliphatic heterocycles. The third-order valence-electron chi connectivity index (χ3n) is 7.32. The molecule has 1 amide bonds. The number of nitrogens with one attached hydrogen (secondary N) is 1. The Labute approximate surface area is 289 Å². The maximum Gasteiger partial charge on any atom is 0.232 e. The van der Waals surface area contributed by atoms with Gasteiger partial charge in [0, 0.05) is 23.7 Å². The number of ketones is 2. The van der Waals surface area contributed by atoms with Crippen molar-refractivity contribution in [3.8, 4) is 11.8 Å². The van der Waals surface area contributed by atoms with Gasteiger partial charge in [-0.1, -0.05) is 142 Å². The van der Waals surface area contributed by atoms with E-state index in [0.29, 0.717) is 0 Å². The number of amides is 1. The van der Waals surface area contributed by atoms with Gasteiger partial charge in [0.2, 0.25) is 5.91 Å². The first-order valence-electron chi connectivity index (χ1n) is 17.3. The van der Waals surface area contributed by atoms with Gasteiger partial charge in [0.05, 0.1) is 0 Å². The number of carbonyl (C=O) groups is 3. The van der Waals surface area contributed by atoms with Crippen LogP contribution >= 0.6 is 0 Å². The quantitative estimate of drug-likeness (QED) is 0.158. The predicted octanol–water partition coefficient (Wildman–Crippen LogP) is 10.9. The Bertz CT molecular complexity index is 1270. The topological polar surface area (TPSA) is 63.2 Å². The lowest BCUT2D eigenvalue weighted by Crippen LogP contribution is -2.39. The minimum absolute atomic E-state index is 0.0784. The van der Waals surface area contributed by atoms with Crippen LogP contribution in [0.3, 0.4) is 0 Å². The van der Waals surface area contributed by atoms with Crippen molar-refractivity contribution >= 4 is 17.5 Å². The Balaban J connectivity index is -0.000000585.